The van der Waals surface area contributed by atoms with E-state index in [1.54, 1.807) is 11.3 Å². The van der Waals surface area contributed by atoms with Gasteiger partial charge in [0.2, 0.25) is 11.8 Å². The number of nitrogens with zero attached hydrogens (tertiary/aromatic N) is 3. The summed E-state index contributed by atoms with van der Waals surface area (Å²) in [5.41, 5.74) is 2.23. The molecule has 28 heavy (non-hydrogen) atoms. The maximum atomic E-state index is 12.5. The smallest absolute Gasteiger partial charge is 0.277 e. The molecule has 1 amide bonds. The molecular weight excluding hydrogens is 390 g/mol. The Hall–Kier alpha value is -2.12. The molecule has 7 heteroatoms. The first-order valence-electron chi connectivity index (χ1n) is 9.24. The van der Waals surface area contributed by atoms with E-state index in [0.29, 0.717) is 24.2 Å². The lowest BCUT2D eigenvalue weighted by molar-refractivity contribution is -0.128. The van der Waals surface area contributed by atoms with Crippen molar-refractivity contribution >= 4 is 29.0 Å². The Balaban J connectivity index is 1.59. The first kappa shape index (κ1) is 20.6. The third-order valence-corrected chi connectivity index (χ3v) is 6.05. The van der Waals surface area contributed by atoms with Crippen molar-refractivity contribution in [1.82, 2.24) is 15.1 Å². The van der Waals surface area contributed by atoms with E-state index in [9.17, 15) is 4.79 Å². The lowest BCUT2D eigenvalue weighted by Gasteiger charge is -2.19. The summed E-state index contributed by atoms with van der Waals surface area (Å²) in [5, 5.41) is 10.6. The summed E-state index contributed by atoms with van der Waals surface area (Å²) in [6.45, 7) is 9.84. The molecule has 0 aliphatic rings. The van der Waals surface area contributed by atoms with Crippen LogP contribution in [0.1, 0.15) is 38.1 Å². The lowest BCUT2D eigenvalue weighted by Crippen LogP contribution is -2.31. The van der Waals surface area contributed by atoms with Gasteiger partial charge in [0, 0.05) is 17.0 Å². The molecule has 0 atom stereocenters. The SMILES string of the molecule is CCN(Cc1cccs1)C(=O)CSc1nnc(-c2ccc(C(C)(C)C)cc2)o1. The number of rotatable bonds is 7. The van der Waals surface area contributed by atoms with Crippen LogP contribution in [-0.4, -0.2) is 33.3 Å². The molecule has 0 N–H and O–H groups in total. The molecule has 0 bridgehead atoms. The van der Waals surface area contributed by atoms with Crippen LogP contribution >= 0.6 is 23.1 Å². The van der Waals surface area contributed by atoms with E-state index in [0.717, 1.165) is 5.56 Å². The van der Waals surface area contributed by atoms with Crippen LogP contribution in [0, 0.1) is 0 Å². The summed E-state index contributed by atoms with van der Waals surface area (Å²) in [6.07, 6.45) is 0. The molecule has 0 spiro atoms. The number of carbonyl (C=O) groups is 1. The van der Waals surface area contributed by atoms with Crippen molar-refractivity contribution in [3.05, 3.63) is 52.2 Å². The van der Waals surface area contributed by atoms with Gasteiger partial charge in [-0.15, -0.1) is 21.5 Å². The number of benzene rings is 1. The molecule has 0 aliphatic carbocycles. The molecular formula is C21H25N3O2S2. The molecule has 0 aliphatic heterocycles. The molecule has 148 valence electrons. The normalized spacial score (nSPS) is 11.6. The molecule has 1 aromatic carbocycles. The highest BCUT2D eigenvalue weighted by molar-refractivity contribution is 7.99. The van der Waals surface area contributed by atoms with Crippen LogP contribution in [0.15, 0.2) is 51.4 Å². The Labute approximate surface area is 174 Å². The predicted molar refractivity (Wildman–Crippen MR) is 115 cm³/mol. The fraction of sp³-hybridized carbons (Fsp3) is 0.381. The van der Waals surface area contributed by atoms with Crippen molar-refractivity contribution in [3.8, 4) is 11.5 Å². The van der Waals surface area contributed by atoms with Crippen LogP contribution in [0.3, 0.4) is 0 Å². The Kier molecular flexibility index (Phi) is 6.57. The maximum absolute atomic E-state index is 12.5. The zero-order valence-corrected chi connectivity index (χ0v) is 18.3. The van der Waals surface area contributed by atoms with E-state index in [1.807, 2.05) is 41.5 Å². The van der Waals surface area contributed by atoms with Gasteiger partial charge >= 0.3 is 0 Å². The first-order valence-corrected chi connectivity index (χ1v) is 11.1. The highest BCUT2D eigenvalue weighted by atomic mass is 32.2. The number of thiophene rings is 1. The van der Waals surface area contributed by atoms with Crippen molar-refractivity contribution in [3.63, 3.8) is 0 Å². The van der Waals surface area contributed by atoms with Crippen LogP contribution in [-0.2, 0) is 16.8 Å². The largest absolute Gasteiger partial charge is 0.411 e. The monoisotopic (exact) mass is 415 g/mol. The van der Waals surface area contributed by atoms with E-state index in [1.165, 1.54) is 22.2 Å². The fourth-order valence-electron chi connectivity index (χ4n) is 2.68. The van der Waals surface area contributed by atoms with Gasteiger partial charge in [-0.05, 0) is 41.5 Å². The van der Waals surface area contributed by atoms with Crippen LogP contribution in [0.5, 0.6) is 0 Å². The average molecular weight is 416 g/mol. The Morgan fingerprint density at radius 2 is 1.93 bits per heavy atom. The third kappa shape index (κ3) is 5.23. The zero-order valence-electron chi connectivity index (χ0n) is 16.6. The molecule has 0 saturated carbocycles. The van der Waals surface area contributed by atoms with Gasteiger partial charge in [-0.3, -0.25) is 4.79 Å². The van der Waals surface area contributed by atoms with Gasteiger partial charge in [0.1, 0.15) is 0 Å². The van der Waals surface area contributed by atoms with E-state index in [4.69, 9.17) is 4.42 Å². The van der Waals surface area contributed by atoms with Gasteiger partial charge < -0.3 is 9.32 Å². The molecule has 0 unspecified atom stereocenters. The lowest BCUT2D eigenvalue weighted by atomic mass is 9.87. The first-order chi connectivity index (χ1) is 13.4. The fourth-order valence-corrected chi connectivity index (χ4v) is 4.06. The van der Waals surface area contributed by atoms with Crippen molar-refractivity contribution in [2.45, 2.75) is 44.9 Å². The highest BCUT2D eigenvalue weighted by Crippen LogP contribution is 2.27. The Morgan fingerprint density at radius 1 is 1.18 bits per heavy atom. The van der Waals surface area contributed by atoms with E-state index >= 15 is 0 Å². The molecule has 3 aromatic rings. The summed E-state index contributed by atoms with van der Waals surface area (Å²) in [5.74, 6) is 0.820. The quantitative estimate of drug-likeness (QED) is 0.494. The van der Waals surface area contributed by atoms with Crippen LogP contribution < -0.4 is 0 Å². The molecule has 0 saturated heterocycles. The van der Waals surface area contributed by atoms with Crippen LogP contribution in [0.4, 0.5) is 0 Å². The Bertz CT molecular complexity index is 897. The summed E-state index contributed by atoms with van der Waals surface area (Å²) < 4.78 is 5.74. The van der Waals surface area contributed by atoms with Crippen molar-refractivity contribution < 1.29 is 9.21 Å². The van der Waals surface area contributed by atoms with Crippen LogP contribution in [0.2, 0.25) is 0 Å². The topological polar surface area (TPSA) is 59.2 Å². The van der Waals surface area contributed by atoms with Crippen molar-refractivity contribution in [2.75, 3.05) is 12.3 Å². The van der Waals surface area contributed by atoms with Crippen LogP contribution in [0.25, 0.3) is 11.5 Å². The molecule has 0 fully saturated rings. The summed E-state index contributed by atoms with van der Waals surface area (Å²) in [6, 6.07) is 12.2. The molecule has 3 rings (SSSR count). The molecule has 5 nitrogen and oxygen atoms in total. The third-order valence-electron chi connectivity index (χ3n) is 4.38. The number of amides is 1. The number of carbonyl (C=O) groups excluding carboxylic acids is 1. The number of thioether (sulfide) groups is 1. The zero-order chi connectivity index (χ0) is 20.1. The van der Waals surface area contributed by atoms with E-state index < -0.39 is 0 Å². The second-order valence-electron chi connectivity index (χ2n) is 7.48. The number of hydrogen-bond acceptors (Lipinski definition) is 6. The minimum absolute atomic E-state index is 0.0650. The Morgan fingerprint density at radius 3 is 2.54 bits per heavy atom. The highest BCUT2D eigenvalue weighted by Gasteiger charge is 2.17. The second-order valence-corrected chi connectivity index (χ2v) is 9.44. The number of hydrogen-bond donors (Lipinski definition) is 0. The van der Waals surface area contributed by atoms with E-state index in [-0.39, 0.29) is 17.1 Å². The van der Waals surface area contributed by atoms with Crippen molar-refractivity contribution in [1.29, 1.82) is 0 Å². The predicted octanol–water partition coefficient (Wildman–Crippen LogP) is 5.24. The minimum atomic E-state index is 0.0650. The molecule has 0 radical (unpaired) electrons. The van der Waals surface area contributed by atoms with Gasteiger partial charge in [-0.2, -0.15) is 0 Å². The average Bonchev–Trinajstić information content (AvgIpc) is 3.35. The van der Waals surface area contributed by atoms with Gasteiger partial charge in [0.25, 0.3) is 5.22 Å². The standard InChI is InChI=1S/C21H25N3O2S2/c1-5-24(13-17-7-6-12-27-17)18(25)14-28-20-23-22-19(26-20)15-8-10-16(11-9-15)21(2,3)4/h6-12H,5,13-14H2,1-4H3. The van der Waals surface area contributed by atoms with Gasteiger partial charge in [-0.1, -0.05) is 50.7 Å². The van der Waals surface area contributed by atoms with Crippen molar-refractivity contribution in [2.24, 2.45) is 0 Å². The van der Waals surface area contributed by atoms with Gasteiger partial charge in [0.15, 0.2) is 0 Å². The molecule has 2 aromatic heterocycles. The maximum Gasteiger partial charge on any atom is 0.277 e. The second kappa shape index (κ2) is 8.92. The van der Waals surface area contributed by atoms with Gasteiger partial charge in [-0.25, -0.2) is 0 Å². The van der Waals surface area contributed by atoms with Gasteiger partial charge in [0.05, 0.1) is 12.3 Å². The number of aromatic nitrogens is 2. The summed E-state index contributed by atoms with van der Waals surface area (Å²) in [4.78, 5) is 15.5. The van der Waals surface area contributed by atoms with E-state index in [2.05, 4.69) is 43.1 Å². The molecule has 2 heterocycles. The minimum Gasteiger partial charge on any atom is -0.411 e. The summed E-state index contributed by atoms with van der Waals surface area (Å²) >= 11 is 2.94. The summed E-state index contributed by atoms with van der Waals surface area (Å²) in [7, 11) is 0.